The van der Waals surface area contributed by atoms with Crippen molar-refractivity contribution in [1.82, 2.24) is 4.57 Å². The van der Waals surface area contributed by atoms with E-state index in [1.54, 1.807) is 4.57 Å². The van der Waals surface area contributed by atoms with Crippen LogP contribution in [0.4, 0.5) is 5.69 Å². The van der Waals surface area contributed by atoms with Crippen molar-refractivity contribution in [3.05, 3.63) is 74.6 Å². The highest BCUT2D eigenvalue weighted by atomic mass is 32.1. The van der Waals surface area contributed by atoms with Crippen LogP contribution < -0.4 is 0 Å². The van der Waals surface area contributed by atoms with Crippen LogP contribution in [0.3, 0.4) is 0 Å². The first-order valence-corrected chi connectivity index (χ1v) is 9.19. The number of rotatable bonds is 3. The lowest BCUT2D eigenvalue weighted by Gasteiger charge is -2.05. The number of nitrogens with zero attached hydrogens (tertiary/aromatic N) is 2. The van der Waals surface area contributed by atoms with Gasteiger partial charge in [0, 0.05) is 16.8 Å². The summed E-state index contributed by atoms with van der Waals surface area (Å²) >= 11 is 6.89. The standard InChI is InChI=1S/C20H16N2OS2/c1-13-16(15-9-5-6-10-17(15)21-13)11-18-19(23)22(20(24)25-18)12-14-7-3-2-4-8-14/h2-11,23H,12H2,1H3/b16-11-. The maximum absolute atomic E-state index is 10.7. The molecule has 1 N–H and O–H groups in total. The summed E-state index contributed by atoms with van der Waals surface area (Å²) in [5.74, 6) is 0.212. The van der Waals surface area contributed by atoms with Gasteiger partial charge < -0.3 is 5.11 Å². The van der Waals surface area contributed by atoms with Crippen LogP contribution >= 0.6 is 23.6 Å². The van der Waals surface area contributed by atoms with Crippen LogP contribution in [0, 0.1) is 3.95 Å². The second kappa shape index (κ2) is 6.43. The van der Waals surface area contributed by atoms with Crippen LogP contribution in [0.5, 0.6) is 5.88 Å². The number of thiazole rings is 1. The molecule has 0 amide bonds. The van der Waals surface area contributed by atoms with E-state index in [2.05, 4.69) is 11.1 Å². The summed E-state index contributed by atoms with van der Waals surface area (Å²) in [6.07, 6.45) is 1.99. The summed E-state index contributed by atoms with van der Waals surface area (Å²) in [4.78, 5) is 5.36. The van der Waals surface area contributed by atoms with Gasteiger partial charge in [0.15, 0.2) is 3.95 Å². The molecule has 0 saturated carbocycles. The average Bonchev–Trinajstić information content (AvgIpc) is 3.07. The molecule has 0 fully saturated rings. The zero-order valence-electron chi connectivity index (χ0n) is 13.6. The van der Waals surface area contributed by atoms with Crippen LogP contribution in [0.2, 0.25) is 0 Å². The van der Waals surface area contributed by atoms with E-state index >= 15 is 0 Å². The van der Waals surface area contributed by atoms with Gasteiger partial charge in [-0.1, -0.05) is 48.5 Å². The average molecular weight is 364 g/mol. The second-order valence-corrected chi connectivity index (χ2v) is 7.58. The normalized spacial score (nSPS) is 14.6. The van der Waals surface area contributed by atoms with E-state index in [0.29, 0.717) is 10.5 Å². The van der Waals surface area contributed by atoms with Gasteiger partial charge in [-0.05, 0) is 36.8 Å². The van der Waals surface area contributed by atoms with Gasteiger partial charge in [-0.3, -0.25) is 9.56 Å². The Morgan fingerprint density at radius 3 is 2.64 bits per heavy atom. The molecule has 0 radical (unpaired) electrons. The third-order valence-corrected chi connectivity index (χ3v) is 5.61. The summed E-state index contributed by atoms with van der Waals surface area (Å²) in [7, 11) is 0. The molecular weight excluding hydrogens is 348 g/mol. The van der Waals surface area contributed by atoms with Crippen LogP contribution in [0.25, 0.3) is 11.6 Å². The Hall–Kier alpha value is -2.50. The molecule has 2 heterocycles. The van der Waals surface area contributed by atoms with E-state index in [4.69, 9.17) is 12.2 Å². The van der Waals surface area contributed by atoms with E-state index < -0.39 is 0 Å². The van der Waals surface area contributed by atoms with Crippen molar-refractivity contribution in [2.75, 3.05) is 0 Å². The molecule has 0 unspecified atom stereocenters. The zero-order chi connectivity index (χ0) is 17.4. The van der Waals surface area contributed by atoms with E-state index in [0.717, 1.165) is 33.0 Å². The predicted molar refractivity (Wildman–Crippen MR) is 107 cm³/mol. The molecule has 3 aromatic rings. The minimum atomic E-state index is 0.212. The number of hydrogen-bond acceptors (Lipinski definition) is 4. The van der Waals surface area contributed by atoms with Crippen molar-refractivity contribution in [2.24, 2.45) is 4.99 Å². The molecule has 1 aromatic heterocycles. The number of para-hydroxylation sites is 1. The highest BCUT2D eigenvalue weighted by molar-refractivity contribution is 7.73. The van der Waals surface area contributed by atoms with Crippen molar-refractivity contribution < 1.29 is 5.11 Å². The molecule has 1 aliphatic heterocycles. The molecular formula is C20H16N2OS2. The summed E-state index contributed by atoms with van der Waals surface area (Å²) in [6, 6.07) is 18.1. The Labute approximate surface area is 155 Å². The first-order chi connectivity index (χ1) is 12.1. The van der Waals surface area contributed by atoms with E-state index in [1.807, 2.05) is 61.5 Å². The minimum Gasteiger partial charge on any atom is -0.493 e. The molecule has 2 aromatic carbocycles. The smallest absolute Gasteiger partial charge is 0.210 e. The summed E-state index contributed by atoms with van der Waals surface area (Å²) in [5.41, 5.74) is 5.16. The van der Waals surface area contributed by atoms with Gasteiger partial charge in [-0.15, -0.1) is 11.3 Å². The molecule has 1 aliphatic rings. The first-order valence-electron chi connectivity index (χ1n) is 7.97. The lowest BCUT2D eigenvalue weighted by molar-refractivity contribution is 0.422. The lowest BCUT2D eigenvalue weighted by atomic mass is 10.0. The van der Waals surface area contributed by atoms with Crippen LogP contribution in [0.1, 0.15) is 22.9 Å². The van der Waals surface area contributed by atoms with E-state index in [1.165, 1.54) is 11.3 Å². The van der Waals surface area contributed by atoms with E-state index in [9.17, 15) is 5.11 Å². The van der Waals surface area contributed by atoms with Crippen LogP contribution in [-0.4, -0.2) is 15.4 Å². The summed E-state index contributed by atoms with van der Waals surface area (Å²) in [6.45, 7) is 2.55. The summed E-state index contributed by atoms with van der Waals surface area (Å²) in [5, 5.41) is 10.7. The number of aromatic nitrogens is 1. The fourth-order valence-corrected chi connectivity index (χ4v) is 4.21. The fourth-order valence-electron chi connectivity index (χ4n) is 2.96. The molecule has 0 spiro atoms. The quantitative estimate of drug-likeness (QED) is 0.607. The Balaban J connectivity index is 1.75. The molecule has 0 saturated heterocycles. The van der Waals surface area contributed by atoms with Gasteiger partial charge >= 0.3 is 0 Å². The van der Waals surface area contributed by atoms with Gasteiger partial charge in [0.1, 0.15) is 0 Å². The first kappa shape index (κ1) is 16.0. The second-order valence-electron chi connectivity index (χ2n) is 5.90. The number of aliphatic imine (C=N–C) groups is 1. The molecule has 4 rings (SSSR count). The van der Waals surface area contributed by atoms with Crippen LogP contribution in [0.15, 0.2) is 59.6 Å². The van der Waals surface area contributed by atoms with Gasteiger partial charge in [0.2, 0.25) is 5.88 Å². The molecule has 3 nitrogen and oxygen atoms in total. The number of hydrogen-bond donors (Lipinski definition) is 1. The molecule has 0 aliphatic carbocycles. The highest BCUT2D eigenvalue weighted by Crippen LogP contribution is 2.38. The Kier molecular flexibility index (Phi) is 4.11. The number of fused-ring (bicyclic) bond motifs is 1. The Morgan fingerprint density at radius 1 is 1.12 bits per heavy atom. The molecule has 25 heavy (non-hydrogen) atoms. The third kappa shape index (κ3) is 2.97. The van der Waals surface area contributed by atoms with Gasteiger partial charge in [-0.25, -0.2) is 0 Å². The third-order valence-electron chi connectivity index (χ3n) is 4.22. The van der Waals surface area contributed by atoms with E-state index in [-0.39, 0.29) is 5.88 Å². The van der Waals surface area contributed by atoms with Gasteiger partial charge in [-0.2, -0.15) is 0 Å². The number of aromatic hydroxyl groups is 1. The summed E-state index contributed by atoms with van der Waals surface area (Å²) < 4.78 is 2.43. The largest absolute Gasteiger partial charge is 0.493 e. The highest BCUT2D eigenvalue weighted by Gasteiger charge is 2.19. The number of allylic oxidation sites excluding steroid dienone is 1. The van der Waals surface area contributed by atoms with Crippen molar-refractivity contribution in [2.45, 2.75) is 13.5 Å². The minimum absolute atomic E-state index is 0.212. The van der Waals surface area contributed by atoms with Crippen molar-refractivity contribution in [3.63, 3.8) is 0 Å². The zero-order valence-corrected chi connectivity index (χ0v) is 15.3. The topological polar surface area (TPSA) is 37.5 Å². The van der Waals surface area contributed by atoms with Crippen molar-refractivity contribution >= 4 is 46.6 Å². The SMILES string of the molecule is CC1=Nc2ccccc2/C1=C\c1sc(=S)n(Cc2ccccc2)c1O. The van der Waals surface area contributed by atoms with Crippen molar-refractivity contribution in [1.29, 1.82) is 0 Å². The molecule has 0 atom stereocenters. The maximum atomic E-state index is 10.7. The number of benzene rings is 2. The van der Waals surface area contributed by atoms with Crippen molar-refractivity contribution in [3.8, 4) is 5.88 Å². The van der Waals surface area contributed by atoms with Gasteiger partial charge in [0.05, 0.1) is 17.1 Å². The lowest BCUT2D eigenvalue weighted by Crippen LogP contribution is -1.98. The van der Waals surface area contributed by atoms with Gasteiger partial charge in [0.25, 0.3) is 0 Å². The maximum Gasteiger partial charge on any atom is 0.210 e. The molecule has 5 heteroatoms. The molecule has 124 valence electrons. The predicted octanol–water partition coefficient (Wildman–Crippen LogP) is 5.68. The Bertz CT molecular complexity index is 1060. The Morgan fingerprint density at radius 2 is 1.84 bits per heavy atom. The van der Waals surface area contributed by atoms with Crippen LogP contribution in [-0.2, 0) is 6.54 Å². The monoisotopic (exact) mass is 364 g/mol. The fraction of sp³-hybridized carbons (Fsp3) is 0.100. The molecule has 0 bridgehead atoms.